The third kappa shape index (κ3) is 4.14. The highest BCUT2D eigenvalue weighted by molar-refractivity contribution is 5.76. The molecule has 18 heavy (non-hydrogen) atoms. The van der Waals surface area contributed by atoms with Crippen LogP contribution in [0.25, 0.3) is 0 Å². The summed E-state index contributed by atoms with van der Waals surface area (Å²) in [4.78, 5) is 19.6. The average Bonchev–Trinajstić information content (AvgIpc) is 2.36. The minimum atomic E-state index is -0.500. The van der Waals surface area contributed by atoms with Gasteiger partial charge in [-0.15, -0.1) is 0 Å². The number of nitrogens with zero attached hydrogens (tertiary/aromatic N) is 1. The minimum absolute atomic E-state index is 0.181. The van der Waals surface area contributed by atoms with Crippen LogP contribution in [0.4, 0.5) is 0 Å². The quantitative estimate of drug-likeness (QED) is 0.453. The van der Waals surface area contributed by atoms with E-state index in [9.17, 15) is 4.79 Å². The van der Waals surface area contributed by atoms with Gasteiger partial charge in [-0.3, -0.25) is 14.9 Å². The van der Waals surface area contributed by atoms with Crippen LogP contribution in [0.3, 0.4) is 0 Å². The first-order valence-electron chi connectivity index (χ1n) is 5.50. The highest BCUT2D eigenvalue weighted by Crippen LogP contribution is 2.16. The predicted octanol–water partition coefficient (Wildman–Crippen LogP) is 0.767. The lowest BCUT2D eigenvalue weighted by molar-refractivity contribution is -0.445. The number of hydrogen-bond donors (Lipinski definition) is 1. The number of ether oxygens (including phenoxy) is 1. The summed E-state index contributed by atoms with van der Waals surface area (Å²) in [5.74, 6) is -0.181. The van der Waals surface area contributed by atoms with Crippen LogP contribution in [-0.4, -0.2) is 31.1 Å². The SMILES string of the molecule is COC(=O)C1Cc2ccccc2CN1.C[N+](=O)[O-]. The normalized spacial score (nSPS) is 16.9. The van der Waals surface area contributed by atoms with Crippen LogP contribution in [-0.2, 0) is 22.5 Å². The third-order valence-corrected chi connectivity index (χ3v) is 2.57. The molecule has 0 bridgehead atoms. The molecule has 1 aromatic carbocycles. The first kappa shape index (κ1) is 14.1. The van der Waals surface area contributed by atoms with Crippen LogP contribution in [0.2, 0.25) is 0 Å². The van der Waals surface area contributed by atoms with Crippen molar-refractivity contribution >= 4 is 5.97 Å². The van der Waals surface area contributed by atoms with E-state index in [0.29, 0.717) is 0 Å². The van der Waals surface area contributed by atoms with Gasteiger partial charge in [0.25, 0.3) is 0 Å². The van der Waals surface area contributed by atoms with Crippen molar-refractivity contribution in [1.29, 1.82) is 0 Å². The molecule has 1 aliphatic rings. The first-order valence-corrected chi connectivity index (χ1v) is 5.50. The number of fused-ring (bicyclic) bond motifs is 1. The number of carbonyl (C=O) groups is 1. The van der Waals surface area contributed by atoms with E-state index in [2.05, 4.69) is 17.4 Å². The molecule has 1 N–H and O–H groups in total. The van der Waals surface area contributed by atoms with Crippen molar-refractivity contribution in [3.8, 4) is 0 Å². The van der Waals surface area contributed by atoms with E-state index < -0.39 is 4.92 Å². The number of nitrogens with one attached hydrogen (secondary N) is 1. The molecular formula is C12H16N2O4. The second kappa shape index (κ2) is 6.70. The number of benzene rings is 1. The highest BCUT2D eigenvalue weighted by atomic mass is 16.6. The molecule has 1 atom stereocenters. The standard InChI is InChI=1S/C11H13NO2.CH3NO2/c1-14-11(13)10-6-8-4-2-3-5-9(8)7-12-10;1-2(3)4/h2-5,10,12H,6-7H2,1H3;1H3. The van der Waals surface area contributed by atoms with Gasteiger partial charge in [0.1, 0.15) is 6.04 Å². The van der Waals surface area contributed by atoms with Crippen LogP contribution in [0.15, 0.2) is 24.3 Å². The monoisotopic (exact) mass is 252 g/mol. The summed E-state index contributed by atoms with van der Waals surface area (Å²) in [5, 5.41) is 12.0. The Morgan fingerprint density at radius 3 is 2.56 bits per heavy atom. The number of hydrogen-bond acceptors (Lipinski definition) is 5. The van der Waals surface area contributed by atoms with Gasteiger partial charge in [-0.2, -0.15) is 0 Å². The van der Waals surface area contributed by atoms with Crippen LogP contribution < -0.4 is 5.32 Å². The molecule has 0 radical (unpaired) electrons. The van der Waals surface area contributed by atoms with Gasteiger partial charge in [0.2, 0.25) is 0 Å². The van der Waals surface area contributed by atoms with Gasteiger partial charge in [0.05, 0.1) is 7.11 Å². The molecule has 0 saturated heterocycles. The van der Waals surface area contributed by atoms with E-state index in [0.717, 1.165) is 20.0 Å². The van der Waals surface area contributed by atoms with Crippen molar-refractivity contribution in [2.75, 3.05) is 14.2 Å². The van der Waals surface area contributed by atoms with Crippen molar-refractivity contribution < 1.29 is 14.5 Å². The maximum Gasteiger partial charge on any atom is 0.323 e. The van der Waals surface area contributed by atoms with Crippen LogP contribution in [0.1, 0.15) is 11.1 Å². The van der Waals surface area contributed by atoms with E-state index in [1.54, 1.807) is 0 Å². The molecule has 0 saturated carbocycles. The van der Waals surface area contributed by atoms with Crippen LogP contribution >= 0.6 is 0 Å². The Balaban J connectivity index is 0.000000357. The molecule has 0 spiro atoms. The van der Waals surface area contributed by atoms with Crippen LogP contribution in [0, 0.1) is 10.1 Å². The summed E-state index contributed by atoms with van der Waals surface area (Å²) in [5.41, 5.74) is 2.51. The molecule has 1 unspecified atom stereocenters. The molecule has 0 fully saturated rings. The molecule has 0 amide bonds. The first-order chi connectivity index (χ1) is 8.54. The smallest absolute Gasteiger partial charge is 0.323 e. The van der Waals surface area contributed by atoms with Gasteiger partial charge in [-0.1, -0.05) is 24.3 Å². The summed E-state index contributed by atoms with van der Waals surface area (Å²) < 4.78 is 4.70. The van der Waals surface area contributed by atoms with Crippen molar-refractivity contribution in [2.24, 2.45) is 0 Å². The number of methoxy groups -OCH3 is 1. The molecule has 1 heterocycles. The zero-order valence-electron chi connectivity index (χ0n) is 10.4. The zero-order valence-corrected chi connectivity index (χ0v) is 10.4. The van der Waals surface area contributed by atoms with Gasteiger partial charge in [-0.25, -0.2) is 0 Å². The fourth-order valence-electron chi connectivity index (χ4n) is 1.76. The van der Waals surface area contributed by atoms with E-state index in [1.807, 2.05) is 12.1 Å². The summed E-state index contributed by atoms with van der Waals surface area (Å²) in [6.07, 6.45) is 0.725. The zero-order chi connectivity index (χ0) is 13.5. The predicted molar refractivity (Wildman–Crippen MR) is 65.7 cm³/mol. The van der Waals surface area contributed by atoms with E-state index in [1.165, 1.54) is 18.2 Å². The van der Waals surface area contributed by atoms with Crippen molar-refractivity contribution in [3.63, 3.8) is 0 Å². The summed E-state index contributed by atoms with van der Waals surface area (Å²) in [6, 6.07) is 7.97. The Morgan fingerprint density at radius 1 is 1.44 bits per heavy atom. The van der Waals surface area contributed by atoms with Crippen LogP contribution in [0.5, 0.6) is 0 Å². The lowest BCUT2D eigenvalue weighted by Crippen LogP contribution is -2.42. The molecular weight excluding hydrogens is 236 g/mol. The largest absolute Gasteiger partial charge is 0.468 e. The Labute approximate surface area is 105 Å². The van der Waals surface area contributed by atoms with Gasteiger partial charge < -0.3 is 10.1 Å². The second-order valence-electron chi connectivity index (χ2n) is 3.87. The summed E-state index contributed by atoms with van der Waals surface area (Å²) in [7, 11) is 2.31. The van der Waals surface area contributed by atoms with E-state index in [4.69, 9.17) is 14.9 Å². The Hall–Kier alpha value is -1.95. The Morgan fingerprint density at radius 2 is 2.00 bits per heavy atom. The number of carbonyl (C=O) groups excluding carboxylic acids is 1. The van der Waals surface area contributed by atoms with E-state index >= 15 is 0 Å². The van der Waals surface area contributed by atoms with Crippen molar-refractivity contribution in [1.82, 2.24) is 5.32 Å². The lowest BCUT2D eigenvalue weighted by atomic mass is 9.96. The number of esters is 1. The summed E-state index contributed by atoms with van der Waals surface area (Å²) in [6.45, 7) is 0.746. The fourth-order valence-corrected chi connectivity index (χ4v) is 1.76. The molecule has 6 heteroatoms. The van der Waals surface area contributed by atoms with Gasteiger partial charge >= 0.3 is 5.97 Å². The molecule has 1 aromatic rings. The van der Waals surface area contributed by atoms with Gasteiger partial charge in [-0.05, 0) is 17.5 Å². The van der Waals surface area contributed by atoms with Crippen molar-refractivity contribution in [2.45, 2.75) is 19.0 Å². The molecule has 1 aliphatic heterocycles. The Kier molecular flexibility index (Phi) is 5.26. The molecule has 0 aromatic heterocycles. The van der Waals surface area contributed by atoms with E-state index in [-0.39, 0.29) is 12.0 Å². The second-order valence-corrected chi connectivity index (χ2v) is 3.87. The molecule has 0 aliphatic carbocycles. The van der Waals surface area contributed by atoms with Crippen molar-refractivity contribution in [3.05, 3.63) is 45.5 Å². The molecule has 2 rings (SSSR count). The minimum Gasteiger partial charge on any atom is -0.468 e. The highest BCUT2D eigenvalue weighted by Gasteiger charge is 2.23. The topological polar surface area (TPSA) is 81.5 Å². The summed E-state index contributed by atoms with van der Waals surface area (Å²) >= 11 is 0. The molecule has 6 nitrogen and oxygen atoms in total. The number of rotatable bonds is 1. The lowest BCUT2D eigenvalue weighted by Gasteiger charge is -2.23. The molecule has 98 valence electrons. The van der Waals surface area contributed by atoms with Gasteiger partial charge in [0, 0.05) is 11.5 Å². The number of nitro groups is 1. The maximum absolute atomic E-state index is 11.3. The van der Waals surface area contributed by atoms with Gasteiger partial charge in [0.15, 0.2) is 7.05 Å². The fraction of sp³-hybridized carbons (Fsp3) is 0.417. The maximum atomic E-state index is 11.3. The third-order valence-electron chi connectivity index (χ3n) is 2.57. The average molecular weight is 252 g/mol. The Bertz CT molecular complexity index is 430.